The van der Waals surface area contributed by atoms with E-state index in [1.54, 1.807) is 18.2 Å². The van der Waals surface area contributed by atoms with E-state index in [2.05, 4.69) is 6.92 Å². The Labute approximate surface area is 147 Å². The van der Waals surface area contributed by atoms with Gasteiger partial charge >= 0.3 is 0 Å². The molecule has 0 radical (unpaired) electrons. The third kappa shape index (κ3) is 8.27. The van der Waals surface area contributed by atoms with E-state index in [0.29, 0.717) is 6.42 Å². The summed E-state index contributed by atoms with van der Waals surface area (Å²) in [7, 11) is -3.82. The summed E-state index contributed by atoms with van der Waals surface area (Å²) in [5.74, 6) is 0. The summed E-state index contributed by atoms with van der Waals surface area (Å²) in [6.45, 7) is 2.23. The lowest BCUT2D eigenvalue weighted by molar-refractivity contribution is 0.384. The van der Waals surface area contributed by atoms with Crippen molar-refractivity contribution in [3.8, 4) is 0 Å². The molecule has 0 bridgehead atoms. The van der Waals surface area contributed by atoms with Crippen molar-refractivity contribution >= 4 is 9.84 Å². The SMILES string of the molecule is CCCCCCCCCCCCCC(F)S(=O)(=O)c1ccccc1. The molecule has 0 aliphatic heterocycles. The third-order valence-electron chi connectivity index (χ3n) is 4.44. The van der Waals surface area contributed by atoms with E-state index in [1.165, 1.54) is 63.5 Å². The minimum absolute atomic E-state index is 0.0839. The van der Waals surface area contributed by atoms with Gasteiger partial charge in [-0.1, -0.05) is 89.3 Å². The Bertz CT molecular complexity index is 514. The monoisotopic (exact) mass is 356 g/mol. The predicted octanol–water partition coefficient (Wildman–Crippen LogP) is 6.46. The summed E-state index contributed by atoms with van der Waals surface area (Å²) in [5, 5.41) is 0. The van der Waals surface area contributed by atoms with Gasteiger partial charge in [0.05, 0.1) is 4.90 Å². The van der Waals surface area contributed by atoms with Gasteiger partial charge in [-0.2, -0.15) is 0 Å². The number of benzene rings is 1. The number of rotatable bonds is 14. The van der Waals surface area contributed by atoms with Crippen LogP contribution in [0, 0.1) is 0 Å². The normalized spacial score (nSPS) is 13.1. The summed E-state index contributed by atoms with van der Waals surface area (Å²) >= 11 is 0. The Morgan fingerprint density at radius 3 is 1.75 bits per heavy atom. The largest absolute Gasteiger partial charge is 0.230 e. The molecule has 138 valence electrons. The Morgan fingerprint density at radius 1 is 0.792 bits per heavy atom. The topological polar surface area (TPSA) is 34.1 Å². The molecule has 0 aliphatic rings. The number of sulfone groups is 1. The maximum absolute atomic E-state index is 14.1. The first-order chi connectivity index (χ1) is 11.6. The molecule has 0 saturated heterocycles. The second kappa shape index (κ2) is 12.5. The van der Waals surface area contributed by atoms with Crippen LogP contribution in [0.2, 0.25) is 0 Å². The van der Waals surface area contributed by atoms with Crippen LogP contribution in [0.15, 0.2) is 35.2 Å². The molecule has 1 aromatic rings. The van der Waals surface area contributed by atoms with Gasteiger partial charge in [0.1, 0.15) is 0 Å². The maximum atomic E-state index is 14.1. The third-order valence-corrected chi connectivity index (χ3v) is 6.28. The lowest BCUT2D eigenvalue weighted by Crippen LogP contribution is -2.16. The maximum Gasteiger partial charge on any atom is 0.210 e. The quantitative estimate of drug-likeness (QED) is 0.359. The van der Waals surface area contributed by atoms with E-state index < -0.39 is 15.3 Å². The van der Waals surface area contributed by atoms with Crippen molar-refractivity contribution in [3.63, 3.8) is 0 Å². The molecule has 2 nitrogen and oxygen atoms in total. The number of hydrogen-bond acceptors (Lipinski definition) is 2. The zero-order chi connectivity index (χ0) is 17.7. The van der Waals surface area contributed by atoms with Crippen LogP contribution in [0.5, 0.6) is 0 Å². The van der Waals surface area contributed by atoms with E-state index in [1.807, 2.05) is 0 Å². The summed E-state index contributed by atoms with van der Waals surface area (Å²) in [5.41, 5.74) is -1.78. The number of hydrogen-bond donors (Lipinski definition) is 0. The highest BCUT2D eigenvalue weighted by Crippen LogP contribution is 2.21. The van der Waals surface area contributed by atoms with Gasteiger partial charge in [-0.25, -0.2) is 12.8 Å². The minimum atomic E-state index is -3.82. The van der Waals surface area contributed by atoms with E-state index in [4.69, 9.17) is 0 Å². The molecule has 0 saturated carbocycles. The molecule has 0 aliphatic carbocycles. The van der Waals surface area contributed by atoms with Crippen molar-refractivity contribution in [3.05, 3.63) is 30.3 Å². The fourth-order valence-electron chi connectivity index (χ4n) is 2.88. The van der Waals surface area contributed by atoms with Crippen molar-refractivity contribution in [2.75, 3.05) is 0 Å². The van der Waals surface area contributed by atoms with Crippen LogP contribution in [0.25, 0.3) is 0 Å². The molecule has 0 aromatic heterocycles. The molecule has 0 spiro atoms. The second-order valence-corrected chi connectivity index (χ2v) is 8.67. The Hall–Kier alpha value is -0.900. The highest BCUT2D eigenvalue weighted by atomic mass is 32.2. The average molecular weight is 357 g/mol. The lowest BCUT2D eigenvalue weighted by atomic mass is 10.1. The number of halogens is 1. The molecule has 1 atom stereocenters. The van der Waals surface area contributed by atoms with Crippen molar-refractivity contribution in [1.29, 1.82) is 0 Å². The zero-order valence-electron chi connectivity index (χ0n) is 15.1. The van der Waals surface area contributed by atoms with Gasteiger partial charge in [0.25, 0.3) is 0 Å². The summed E-state index contributed by atoms with van der Waals surface area (Å²) in [6.07, 6.45) is 13.1. The molecule has 0 fully saturated rings. The molecule has 0 N–H and O–H groups in total. The molecule has 24 heavy (non-hydrogen) atoms. The van der Waals surface area contributed by atoms with Gasteiger partial charge in [0.2, 0.25) is 15.3 Å². The predicted molar refractivity (Wildman–Crippen MR) is 99.6 cm³/mol. The molecule has 4 heteroatoms. The number of alkyl halides is 1. The van der Waals surface area contributed by atoms with Gasteiger partial charge in [-0.15, -0.1) is 0 Å². The zero-order valence-corrected chi connectivity index (χ0v) is 15.9. The highest BCUT2D eigenvalue weighted by molar-refractivity contribution is 7.91. The first-order valence-electron chi connectivity index (χ1n) is 9.52. The molecular formula is C20H33FO2S. The molecular weight excluding hydrogens is 323 g/mol. The Balaban J connectivity index is 2.07. The van der Waals surface area contributed by atoms with E-state index in [0.717, 1.165) is 12.8 Å². The van der Waals surface area contributed by atoms with Crippen LogP contribution in [0.4, 0.5) is 4.39 Å². The molecule has 0 heterocycles. The first kappa shape index (κ1) is 21.1. The molecule has 1 aromatic carbocycles. The van der Waals surface area contributed by atoms with Crippen LogP contribution in [-0.4, -0.2) is 13.9 Å². The number of unbranched alkanes of at least 4 members (excludes halogenated alkanes) is 10. The van der Waals surface area contributed by atoms with Crippen LogP contribution in [0.1, 0.15) is 84.0 Å². The van der Waals surface area contributed by atoms with E-state index >= 15 is 0 Å². The fourth-order valence-corrected chi connectivity index (χ4v) is 4.19. The van der Waals surface area contributed by atoms with Crippen molar-refractivity contribution in [2.24, 2.45) is 0 Å². The van der Waals surface area contributed by atoms with Crippen LogP contribution >= 0.6 is 0 Å². The van der Waals surface area contributed by atoms with Crippen molar-refractivity contribution in [1.82, 2.24) is 0 Å². The second-order valence-electron chi connectivity index (χ2n) is 6.59. The Morgan fingerprint density at radius 2 is 1.25 bits per heavy atom. The van der Waals surface area contributed by atoms with Crippen LogP contribution in [-0.2, 0) is 9.84 Å². The molecule has 1 unspecified atom stereocenters. The Kier molecular flexibility index (Phi) is 11.0. The van der Waals surface area contributed by atoms with Crippen LogP contribution in [0.3, 0.4) is 0 Å². The summed E-state index contributed by atoms with van der Waals surface area (Å²) in [6, 6.07) is 7.91. The highest BCUT2D eigenvalue weighted by Gasteiger charge is 2.26. The van der Waals surface area contributed by atoms with Gasteiger partial charge in [-0.05, 0) is 25.0 Å². The van der Waals surface area contributed by atoms with Gasteiger partial charge in [-0.3, -0.25) is 0 Å². The van der Waals surface area contributed by atoms with Crippen molar-refractivity contribution in [2.45, 2.75) is 94.4 Å². The summed E-state index contributed by atoms with van der Waals surface area (Å²) in [4.78, 5) is 0.0839. The lowest BCUT2D eigenvalue weighted by Gasteiger charge is -2.10. The fraction of sp³-hybridized carbons (Fsp3) is 0.700. The average Bonchev–Trinajstić information content (AvgIpc) is 2.60. The van der Waals surface area contributed by atoms with E-state index in [-0.39, 0.29) is 11.3 Å². The van der Waals surface area contributed by atoms with Gasteiger partial charge in [0, 0.05) is 0 Å². The standard InChI is InChI=1S/C20H33FO2S/c1-2-3-4-5-6-7-8-9-10-11-15-18-20(21)24(22,23)19-16-13-12-14-17-19/h12-14,16-17,20H,2-11,15,18H2,1H3. The van der Waals surface area contributed by atoms with Gasteiger partial charge < -0.3 is 0 Å². The van der Waals surface area contributed by atoms with E-state index in [9.17, 15) is 12.8 Å². The first-order valence-corrected chi connectivity index (χ1v) is 11.1. The minimum Gasteiger partial charge on any atom is -0.230 e. The van der Waals surface area contributed by atoms with Crippen LogP contribution < -0.4 is 0 Å². The van der Waals surface area contributed by atoms with Gasteiger partial charge in [0.15, 0.2) is 0 Å². The molecule has 1 rings (SSSR count). The summed E-state index contributed by atoms with van der Waals surface area (Å²) < 4.78 is 38.2. The smallest absolute Gasteiger partial charge is 0.210 e. The van der Waals surface area contributed by atoms with Crippen molar-refractivity contribution < 1.29 is 12.8 Å². The molecule has 0 amide bonds.